The average Bonchev–Trinajstić information content (AvgIpc) is 3.08. The Morgan fingerprint density at radius 1 is 1.04 bits per heavy atom. The minimum Gasteiger partial charge on any atom is -0.444 e. The van der Waals surface area contributed by atoms with Crippen molar-refractivity contribution >= 4 is 23.9 Å². The van der Waals surface area contributed by atoms with E-state index in [1.165, 1.54) is 4.90 Å². The van der Waals surface area contributed by atoms with Gasteiger partial charge in [-0.2, -0.15) is 0 Å². The van der Waals surface area contributed by atoms with Crippen LogP contribution in [0, 0.1) is 5.92 Å². The van der Waals surface area contributed by atoms with Crippen LogP contribution in [0.3, 0.4) is 0 Å². The number of hydrogen-bond donors (Lipinski definition) is 0. The summed E-state index contributed by atoms with van der Waals surface area (Å²) in [6.07, 6.45) is 3.81. The quantitative estimate of drug-likeness (QED) is 0.695. The zero-order valence-corrected chi connectivity index (χ0v) is 15.5. The molecule has 0 spiro atoms. The second-order valence-electron chi connectivity index (χ2n) is 8.24. The molecule has 0 radical (unpaired) electrons. The molecular formula is C18H26N2O6. The van der Waals surface area contributed by atoms with Gasteiger partial charge in [0.05, 0.1) is 0 Å². The molecule has 3 aliphatic rings. The molecule has 144 valence electrons. The summed E-state index contributed by atoms with van der Waals surface area (Å²) in [6.45, 7) is 5.32. The summed E-state index contributed by atoms with van der Waals surface area (Å²) in [5.74, 6) is -1.59. The summed E-state index contributed by atoms with van der Waals surface area (Å²) < 4.78 is 5.50. The molecule has 0 aromatic heterocycles. The first kappa shape index (κ1) is 18.7. The van der Waals surface area contributed by atoms with E-state index >= 15 is 0 Å². The molecule has 8 heteroatoms. The monoisotopic (exact) mass is 366 g/mol. The number of amides is 3. The van der Waals surface area contributed by atoms with E-state index in [2.05, 4.69) is 0 Å². The first-order chi connectivity index (χ1) is 12.2. The lowest BCUT2D eigenvalue weighted by Crippen LogP contribution is -2.50. The Balaban J connectivity index is 1.78. The Kier molecular flexibility index (Phi) is 4.94. The van der Waals surface area contributed by atoms with Crippen LogP contribution >= 0.6 is 0 Å². The van der Waals surface area contributed by atoms with E-state index < -0.39 is 35.5 Å². The third-order valence-electron chi connectivity index (χ3n) is 5.15. The summed E-state index contributed by atoms with van der Waals surface area (Å²) in [6, 6.07) is -0.903. The minimum absolute atomic E-state index is 0.0395. The van der Waals surface area contributed by atoms with E-state index in [1.807, 2.05) is 0 Å². The highest BCUT2D eigenvalue weighted by Gasteiger charge is 2.50. The Hall–Kier alpha value is -2.12. The predicted molar refractivity (Wildman–Crippen MR) is 89.4 cm³/mol. The van der Waals surface area contributed by atoms with E-state index in [9.17, 15) is 19.2 Å². The normalized spacial score (nSPS) is 29.0. The number of hydrogen-bond acceptors (Lipinski definition) is 6. The van der Waals surface area contributed by atoms with Gasteiger partial charge in [0.1, 0.15) is 11.6 Å². The molecule has 1 aliphatic carbocycles. The fourth-order valence-electron chi connectivity index (χ4n) is 4.06. The maximum absolute atomic E-state index is 12.7. The zero-order chi connectivity index (χ0) is 19.1. The van der Waals surface area contributed by atoms with Crippen molar-refractivity contribution in [1.29, 1.82) is 0 Å². The van der Waals surface area contributed by atoms with Gasteiger partial charge in [0.15, 0.2) is 0 Å². The number of hydroxylamine groups is 2. The Morgan fingerprint density at radius 2 is 1.65 bits per heavy atom. The summed E-state index contributed by atoms with van der Waals surface area (Å²) >= 11 is 0. The van der Waals surface area contributed by atoms with E-state index in [0.717, 1.165) is 25.7 Å². The van der Waals surface area contributed by atoms with Crippen LogP contribution in [0.15, 0.2) is 0 Å². The minimum atomic E-state index is -0.834. The highest BCUT2D eigenvalue weighted by Crippen LogP contribution is 2.41. The average molecular weight is 366 g/mol. The molecule has 2 heterocycles. The summed E-state index contributed by atoms with van der Waals surface area (Å²) in [7, 11) is 0. The second kappa shape index (κ2) is 6.89. The smallest absolute Gasteiger partial charge is 0.411 e. The second-order valence-corrected chi connectivity index (χ2v) is 8.24. The van der Waals surface area contributed by atoms with Crippen LogP contribution in [0.4, 0.5) is 4.79 Å². The molecule has 3 amide bonds. The van der Waals surface area contributed by atoms with Crippen LogP contribution in [0.5, 0.6) is 0 Å². The molecule has 3 atom stereocenters. The van der Waals surface area contributed by atoms with Gasteiger partial charge < -0.3 is 9.57 Å². The van der Waals surface area contributed by atoms with Gasteiger partial charge in [-0.05, 0) is 46.0 Å². The van der Waals surface area contributed by atoms with Crippen LogP contribution in [-0.2, 0) is 24.0 Å². The van der Waals surface area contributed by atoms with Crippen LogP contribution in [-0.4, -0.2) is 51.5 Å². The third kappa shape index (κ3) is 3.68. The molecule has 1 saturated carbocycles. The molecule has 0 unspecified atom stereocenters. The molecular weight excluding hydrogens is 340 g/mol. The van der Waals surface area contributed by atoms with Crippen LogP contribution in [0.2, 0.25) is 0 Å². The SMILES string of the molecule is CC(C)(C)OC(=O)N1[C@H](C(=O)ON2C(=O)CCC2=O)C[C@@H]2CCCC[C@@H]21. The van der Waals surface area contributed by atoms with Gasteiger partial charge in [-0.1, -0.05) is 12.8 Å². The summed E-state index contributed by atoms with van der Waals surface area (Å²) in [5.41, 5.74) is -0.681. The molecule has 3 fully saturated rings. The molecule has 0 bridgehead atoms. The maximum Gasteiger partial charge on any atom is 0.411 e. The molecule has 26 heavy (non-hydrogen) atoms. The predicted octanol–water partition coefficient (Wildman–Crippen LogP) is 2.16. The Labute approximate surface area is 152 Å². The van der Waals surface area contributed by atoms with E-state index in [1.54, 1.807) is 20.8 Å². The first-order valence-corrected chi connectivity index (χ1v) is 9.26. The molecule has 2 saturated heterocycles. The van der Waals surface area contributed by atoms with Crippen molar-refractivity contribution in [2.45, 2.75) is 83.4 Å². The van der Waals surface area contributed by atoms with E-state index in [0.29, 0.717) is 11.5 Å². The van der Waals surface area contributed by atoms with Crippen molar-refractivity contribution in [3.05, 3.63) is 0 Å². The number of likely N-dealkylation sites (tertiary alicyclic amines) is 1. The van der Waals surface area contributed by atoms with Crippen LogP contribution < -0.4 is 0 Å². The molecule has 0 N–H and O–H groups in total. The van der Waals surface area contributed by atoms with Gasteiger partial charge >= 0.3 is 12.1 Å². The molecule has 3 rings (SSSR count). The Bertz CT molecular complexity index is 610. The molecule has 8 nitrogen and oxygen atoms in total. The lowest BCUT2D eigenvalue weighted by Gasteiger charge is -2.34. The number of ether oxygens (including phenoxy) is 1. The molecule has 0 aromatic rings. The standard InChI is InChI=1S/C18H26N2O6/c1-18(2,3)25-17(24)19-12-7-5-4-6-11(12)10-13(19)16(23)26-20-14(21)8-9-15(20)22/h11-13H,4-10H2,1-3H3/t11-,12-,13-/m0/s1. The topological polar surface area (TPSA) is 93.2 Å². The first-order valence-electron chi connectivity index (χ1n) is 9.26. The van der Waals surface area contributed by atoms with Crippen molar-refractivity contribution in [3.63, 3.8) is 0 Å². The number of nitrogens with zero attached hydrogens (tertiary/aromatic N) is 2. The van der Waals surface area contributed by atoms with E-state index in [-0.39, 0.29) is 24.8 Å². The number of carbonyl (C=O) groups is 4. The fourth-order valence-corrected chi connectivity index (χ4v) is 4.06. The molecule has 0 aromatic carbocycles. The summed E-state index contributed by atoms with van der Waals surface area (Å²) in [4.78, 5) is 55.4. The zero-order valence-electron chi connectivity index (χ0n) is 15.5. The van der Waals surface area contributed by atoms with Gasteiger partial charge in [0, 0.05) is 18.9 Å². The number of rotatable bonds is 2. The van der Waals surface area contributed by atoms with Crippen molar-refractivity contribution in [2.24, 2.45) is 5.92 Å². The maximum atomic E-state index is 12.7. The largest absolute Gasteiger partial charge is 0.444 e. The van der Waals surface area contributed by atoms with Crippen LogP contribution in [0.25, 0.3) is 0 Å². The van der Waals surface area contributed by atoms with E-state index in [4.69, 9.17) is 9.57 Å². The highest BCUT2D eigenvalue weighted by atomic mass is 16.7. The van der Waals surface area contributed by atoms with Gasteiger partial charge in [-0.15, -0.1) is 5.06 Å². The summed E-state index contributed by atoms with van der Waals surface area (Å²) in [5, 5.41) is 0.539. The number of carbonyl (C=O) groups excluding carboxylic acids is 4. The van der Waals surface area contributed by atoms with Gasteiger partial charge in [0.2, 0.25) is 0 Å². The van der Waals surface area contributed by atoms with Crippen LogP contribution in [0.1, 0.15) is 65.7 Å². The number of imide groups is 1. The Morgan fingerprint density at radius 3 is 2.27 bits per heavy atom. The van der Waals surface area contributed by atoms with Crippen molar-refractivity contribution in [3.8, 4) is 0 Å². The van der Waals surface area contributed by atoms with Crippen molar-refractivity contribution in [1.82, 2.24) is 9.96 Å². The van der Waals surface area contributed by atoms with Gasteiger partial charge in [0.25, 0.3) is 11.8 Å². The molecule has 2 aliphatic heterocycles. The lowest BCUT2D eigenvalue weighted by molar-refractivity contribution is -0.200. The fraction of sp³-hybridized carbons (Fsp3) is 0.778. The van der Waals surface area contributed by atoms with Crippen molar-refractivity contribution in [2.75, 3.05) is 0 Å². The third-order valence-corrected chi connectivity index (χ3v) is 5.15. The van der Waals surface area contributed by atoms with Gasteiger partial charge in [-0.25, -0.2) is 9.59 Å². The van der Waals surface area contributed by atoms with Gasteiger partial charge in [-0.3, -0.25) is 14.5 Å². The van der Waals surface area contributed by atoms with Crippen molar-refractivity contribution < 1.29 is 28.8 Å². The lowest BCUT2D eigenvalue weighted by atomic mass is 9.85. The number of fused-ring (bicyclic) bond motifs is 1. The highest BCUT2D eigenvalue weighted by molar-refractivity contribution is 6.01.